The molecule has 0 saturated heterocycles. The predicted octanol–water partition coefficient (Wildman–Crippen LogP) is 4.00. The molecule has 136 valence electrons. The summed E-state index contributed by atoms with van der Waals surface area (Å²) in [6.07, 6.45) is 0.163. The van der Waals surface area contributed by atoms with Gasteiger partial charge < -0.3 is 10.2 Å². The molecule has 7 heteroatoms. The molecule has 0 saturated carbocycles. The van der Waals surface area contributed by atoms with Crippen LogP contribution in [0.15, 0.2) is 48.5 Å². The van der Waals surface area contributed by atoms with Crippen LogP contribution in [0.5, 0.6) is 0 Å². The number of para-hydroxylation sites is 1. The van der Waals surface area contributed by atoms with Crippen LogP contribution in [0.2, 0.25) is 5.02 Å². The van der Waals surface area contributed by atoms with Crippen molar-refractivity contribution in [2.75, 3.05) is 18.9 Å². The third kappa shape index (κ3) is 6.10. The zero-order valence-electron chi connectivity index (χ0n) is 14.2. The van der Waals surface area contributed by atoms with E-state index in [0.717, 1.165) is 3.57 Å². The molecular weight excluding hydrogens is 467 g/mol. The Kier molecular flexibility index (Phi) is 7.59. The van der Waals surface area contributed by atoms with E-state index in [1.54, 1.807) is 36.4 Å². The van der Waals surface area contributed by atoms with Crippen molar-refractivity contribution in [2.45, 2.75) is 12.8 Å². The Hall–Kier alpha value is -1.93. The summed E-state index contributed by atoms with van der Waals surface area (Å²) in [7, 11) is 1.53. The third-order valence-electron chi connectivity index (χ3n) is 3.69. The second-order valence-electron chi connectivity index (χ2n) is 5.71. The van der Waals surface area contributed by atoms with E-state index in [1.165, 1.54) is 11.9 Å². The number of carbonyl (C=O) groups excluding carboxylic acids is 3. The van der Waals surface area contributed by atoms with Crippen molar-refractivity contribution in [1.29, 1.82) is 0 Å². The number of halogens is 2. The summed E-state index contributed by atoms with van der Waals surface area (Å²) in [5.74, 6) is -0.709. The second-order valence-corrected chi connectivity index (χ2v) is 7.36. The van der Waals surface area contributed by atoms with Crippen LogP contribution in [-0.2, 0) is 9.59 Å². The molecule has 2 amide bonds. The van der Waals surface area contributed by atoms with Gasteiger partial charge in [0.25, 0.3) is 0 Å². The van der Waals surface area contributed by atoms with Gasteiger partial charge in [-0.25, -0.2) is 0 Å². The van der Waals surface area contributed by atoms with Crippen LogP contribution in [-0.4, -0.2) is 36.1 Å². The van der Waals surface area contributed by atoms with Gasteiger partial charge >= 0.3 is 0 Å². The highest BCUT2D eigenvalue weighted by Crippen LogP contribution is 2.20. The van der Waals surface area contributed by atoms with Gasteiger partial charge in [-0.05, 0) is 46.9 Å². The van der Waals surface area contributed by atoms with Crippen LogP contribution >= 0.6 is 34.2 Å². The molecule has 0 radical (unpaired) electrons. The fourth-order valence-electron chi connectivity index (χ4n) is 2.25. The molecule has 2 rings (SSSR count). The number of anilines is 1. The minimum Gasteiger partial charge on any atom is -0.336 e. The van der Waals surface area contributed by atoms with Gasteiger partial charge in [-0.15, -0.1) is 0 Å². The van der Waals surface area contributed by atoms with Gasteiger partial charge in [0.05, 0.1) is 17.3 Å². The first-order chi connectivity index (χ1) is 12.4. The standard InChI is InChI=1S/C19H18ClIN2O3/c1-23(12-18(25)22-16-5-3-2-4-15(16)20)19(26)11-10-17(24)13-6-8-14(21)9-7-13/h2-9H,10-12H2,1H3,(H,22,25). The normalized spacial score (nSPS) is 10.3. The van der Waals surface area contributed by atoms with E-state index in [1.807, 2.05) is 12.1 Å². The van der Waals surface area contributed by atoms with E-state index in [9.17, 15) is 14.4 Å². The SMILES string of the molecule is CN(CC(=O)Nc1ccccc1Cl)C(=O)CCC(=O)c1ccc(I)cc1. The minimum atomic E-state index is -0.349. The second kappa shape index (κ2) is 9.68. The van der Waals surface area contributed by atoms with E-state index in [2.05, 4.69) is 27.9 Å². The molecule has 2 aromatic carbocycles. The van der Waals surface area contributed by atoms with Crippen molar-refractivity contribution >= 4 is 57.5 Å². The first-order valence-corrected chi connectivity index (χ1v) is 9.39. The summed E-state index contributed by atoms with van der Waals surface area (Å²) in [6.45, 7) is -0.109. The highest BCUT2D eigenvalue weighted by atomic mass is 127. The number of hydrogen-bond acceptors (Lipinski definition) is 3. The maximum atomic E-state index is 12.2. The Labute approximate surface area is 170 Å². The average molecular weight is 485 g/mol. The van der Waals surface area contributed by atoms with Crippen molar-refractivity contribution in [1.82, 2.24) is 4.90 Å². The van der Waals surface area contributed by atoms with Gasteiger partial charge in [0.2, 0.25) is 11.8 Å². The van der Waals surface area contributed by atoms with Gasteiger partial charge in [0, 0.05) is 29.0 Å². The fourth-order valence-corrected chi connectivity index (χ4v) is 2.79. The topological polar surface area (TPSA) is 66.5 Å². The first-order valence-electron chi connectivity index (χ1n) is 7.94. The molecule has 0 aromatic heterocycles. The van der Waals surface area contributed by atoms with Crippen LogP contribution in [0, 0.1) is 3.57 Å². The molecular formula is C19H18ClIN2O3. The molecule has 0 heterocycles. The largest absolute Gasteiger partial charge is 0.336 e. The van der Waals surface area contributed by atoms with Crippen LogP contribution in [0.25, 0.3) is 0 Å². The van der Waals surface area contributed by atoms with Crippen molar-refractivity contribution in [3.63, 3.8) is 0 Å². The number of ketones is 1. The number of Topliss-reactive ketones (excluding diaryl/α,β-unsaturated/α-hetero) is 1. The Morgan fingerprint density at radius 1 is 1.04 bits per heavy atom. The zero-order valence-corrected chi connectivity index (χ0v) is 17.1. The Balaban J connectivity index is 1.81. The number of carbonyl (C=O) groups is 3. The minimum absolute atomic E-state index is 0.0562. The number of benzene rings is 2. The monoisotopic (exact) mass is 484 g/mol. The average Bonchev–Trinajstić information content (AvgIpc) is 2.61. The molecule has 0 aliphatic rings. The zero-order chi connectivity index (χ0) is 19.1. The first kappa shape index (κ1) is 20.4. The lowest BCUT2D eigenvalue weighted by molar-refractivity contribution is -0.133. The van der Waals surface area contributed by atoms with Gasteiger partial charge in [-0.3, -0.25) is 14.4 Å². The highest BCUT2D eigenvalue weighted by molar-refractivity contribution is 14.1. The Morgan fingerprint density at radius 2 is 1.69 bits per heavy atom. The lowest BCUT2D eigenvalue weighted by atomic mass is 10.1. The van der Waals surface area contributed by atoms with Crippen molar-refractivity contribution in [3.8, 4) is 0 Å². The lowest BCUT2D eigenvalue weighted by Gasteiger charge is -2.17. The number of rotatable bonds is 7. The number of hydrogen-bond donors (Lipinski definition) is 1. The number of amides is 2. The number of nitrogens with zero attached hydrogens (tertiary/aromatic N) is 1. The molecule has 0 aliphatic heterocycles. The van der Waals surface area contributed by atoms with E-state index >= 15 is 0 Å². The predicted molar refractivity (Wildman–Crippen MR) is 110 cm³/mol. The van der Waals surface area contributed by atoms with Crippen LogP contribution < -0.4 is 5.32 Å². The molecule has 0 unspecified atom stereocenters. The number of nitrogens with one attached hydrogen (secondary N) is 1. The highest BCUT2D eigenvalue weighted by Gasteiger charge is 2.16. The molecule has 5 nitrogen and oxygen atoms in total. The number of likely N-dealkylation sites (N-methyl/N-ethyl adjacent to an activating group) is 1. The third-order valence-corrected chi connectivity index (χ3v) is 4.74. The van der Waals surface area contributed by atoms with Crippen molar-refractivity contribution < 1.29 is 14.4 Å². The van der Waals surface area contributed by atoms with E-state index in [-0.39, 0.29) is 37.0 Å². The molecule has 0 fully saturated rings. The van der Waals surface area contributed by atoms with Gasteiger partial charge in [0.1, 0.15) is 0 Å². The van der Waals surface area contributed by atoms with Gasteiger partial charge in [-0.2, -0.15) is 0 Å². The smallest absolute Gasteiger partial charge is 0.244 e. The van der Waals surface area contributed by atoms with Gasteiger partial charge in [0.15, 0.2) is 5.78 Å². The summed E-state index contributed by atoms with van der Waals surface area (Å²) in [5, 5.41) is 3.09. The molecule has 0 atom stereocenters. The van der Waals surface area contributed by atoms with Crippen LogP contribution in [0.1, 0.15) is 23.2 Å². The van der Waals surface area contributed by atoms with E-state index in [0.29, 0.717) is 16.3 Å². The Bertz CT molecular complexity index is 809. The lowest BCUT2D eigenvalue weighted by Crippen LogP contribution is -2.35. The molecule has 0 aliphatic carbocycles. The van der Waals surface area contributed by atoms with Crippen molar-refractivity contribution in [3.05, 3.63) is 62.7 Å². The van der Waals surface area contributed by atoms with Gasteiger partial charge in [-0.1, -0.05) is 35.9 Å². The maximum Gasteiger partial charge on any atom is 0.244 e. The summed E-state index contributed by atoms with van der Waals surface area (Å²) < 4.78 is 1.04. The molecule has 26 heavy (non-hydrogen) atoms. The molecule has 2 aromatic rings. The van der Waals surface area contributed by atoms with E-state index < -0.39 is 0 Å². The molecule has 0 spiro atoms. The van der Waals surface area contributed by atoms with E-state index in [4.69, 9.17) is 11.6 Å². The molecule has 0 bridgehead atoms. The summed E-state index contributed by atoms with van der Waals surface area (Å²) in [5.41, 5.74) is 1.08. The Morgan fingerprint density at radius 3 is 2.35 bits per heavy atom. The summed E-state index contributed by atoms with van der Waals surface area (Å²) in [4.78, 5) is 37.6. The van der Waals surface area contributed by atoms with Crippen LogP contribution in [0.3, 0.4) is 0 Å². The summed E-state index contributed by atoms with van der Waals surface area (Å²) in [6, 6.07) is 14.1. The molecule has 1 N–H and O–H groups in total. The maximum absolute atomic E-state index is 12.2. The quantitative estimate of drug-likeness (QED) is 0.477. The fraction of sp³-hybridized carbons (Fsp3) is 0.211. The van der Waals surface area contributed by atoms with Crippen LogP contribution in [0.4, 0.5) is 5.69 Å². The van der Waals surface area contributed by atoms with Crippen molar-refractivity contribution in [2.24, 2.45) is 0 Å². The summed E-state index contributed by atoms with van der Waals surface area (Å²) >= 11 is 8.15.